The van der Waals surface area contributed by atoms with Crippen molar-refractivity contribution in [3.8, 4) is 0 Å². The third-order valence-electron chi connectivity index (χ3n) is 0. The number of rotatable bonds is 0. The number of nitrogens with zero attached hydrogens (tertiary/aromatic N) is 1. The summed E-state index contributed by atoms with van der Waals surface area (Å²) in [5.41, 5.74) is 0. The van der Waals surface area contributed by atoms with E-state index >= 15 is 0 Å². The maximum Gasteiger partial charge on any atom is 0.0351 e. The second-order valence-corrected chi connectivity index (χ2v) is 2.46. The first-order valence-corrected chi connectivity index (χ1v) is 3.57. The predicted octanol–water partition coefficient (Wildman–Crippen LogP) is 3.13. The van der Waals surface area contributed by atoms with Crippen LogP contribution >= 0.6 is 0 Å². The molecule has 0 saturated heterocycles. The van der Waals surface area contributed by atoms with Crippen molar-refractivity contribution in [2.45, 2.75) is 35.1 Å². The third kappa shape index (κ3) is 123000. The fourth-order valence-corrected chi connectivity index (χ4v) is 0. The molecule has 0 radical (unpaired) electrons. The van der Waals surface area contributed by atoms with Crippen LogP contribution in [0.4, 0.5) is 0 Å². The Morgan fingerprint density at radius 3 is 0.917 bits per heavy atom. The van der Waals surface area contributed by atoms with E-state index in [1.165, 1.54) is 6.42 Å². The molecule has 2 nitrogen and oxygen atoms in total. The van der Waals surface area contributed by atoms with E-state index in [0.717, 1.165) is 0 Å². The summed E-state index contributed by atoms with van der Waals surface area (Å²) in [4.78, 5) is 2.00. The van der Waals surface area contributed by atoms with Gasteiger partial charge < -0.3 is 9.64 Å². The molecule has 0 saturated carbocycles. The third-order valence-corrected chi connectivity index (χ3v) is 0. The van der Waals surface area contributed by atoms with E-state index in [1.54, 1.807) is 14.2 Å². The Balaban J connectivity index is -0.0000000191. The first kappa shape index (κ1) is 29.7. The van der Waals surface area contributed by atoms with Gasteiger partial charge in [0.05, 0.1) is 0 Å². The molecule has 0 aliphatic heterocycles. The minimum absolute atomic E-state index is 0. The minimum atomic E-state index is 0. The second-order valence-electron chi connectivity index (χ2n) is 2.46. The van der Waals surface area contributed by atoms with Crippen LogP contribution in [0.3, 0.4) is 0 Å². The van der Waals surface area contributed by atoms with E-state index in [1.807, 2.05) is 26.0 Å². The molecule has 0 aromatic rings. The Labute approximate surface area is 80.9 Å². The smallest absolute Gasteiger partial charge is 0.0351 e. The van der Waals surface area contributed by atoms with Crippen molar-refractivity contribution in [3.63, 3.8) is 0 Å². The van der Waals surface area contributed by atoms with Gasteiger partial charge in [-0.1, -0.05) is 35.1 Å². The van der Waals surface area contributed by atoms with E-state index in [9.17, 15) is 0 Å². The average Bonchev–Trinajstić information content (AvgIpc) is 1.65. The molecule has 0 aliphatic carbocycles. The molecule has 0 unspecified atom stereocenters. The van der Waals surface area contributed by atoms with E-state index in [0.29, 0.717) is 0 Å². The zero-order valence-corrected chi connectivity index (χ0v) is 8.56. The SMILES string of the molecule is C.C.CCC.CN(C)C.COC. The van der Waals surface area contributed by atoms with Gasteiger partial charge in [-0.2, -0.15) is 0 Å². The molecule has 0 atom stereocenters. The molecule has 0 rings (SSSR count). The van der Waals surface area contributed by atoms with Gasteiger partial charge in [-0.3, -0.25) is 0 Å². The van der Waals surface area contributed by atoms with Crippen molar-refractivity contribution in [2.24, 2.45) is 0 Å². The highest BCUT2D eigenvalue weighted by Gasteiger charge is 1.58. The summed E-state index contributed by atoms with van der Waals surface area (Å²) in [6.45, 7) is 4.25. The molecule has 0 bridgehead atoms. The fourth-order valence-electron chi connectivity index (χ4n) is 0. The highest BCUT2D eigenvalue weighted by molar-refractivity contribution is 4.09. The largest absolute Gasteiger partial charge is 0.388 e. The Morgan fingerprint density at radius 2 is 0.917 bits per heavy atom. The van der Waals surface area contributed by atoms with Crippen molar-refractivity contribution in [1.29, 1.82) is 0 Å². The number of hydrogen-bond donors (Lipinski definition) is 0. The maximum absolute atomic E-state index is 4.25. The molecule has 0 aliphatic rings. The summed E-state index contributed by atoms with van der Waals surface area (Å²) in [5.74, 6) is 0. The van der Waals surface area contributed by atoms with Crippen molar-refractivity contribution in [1.82, 2.24) is 4.90 Å². The highest BCUT2D eigenvalue weighted by atomic mass is 16.4. The zero-order valence-electron chi connectivity index (χ0n) is 8.56. The van der Waals surface area contributed by atoms with Crippen molar-refractivity contribution >= 4 is 0 Å². The van der Waals surface area contributed by atoms with Crippen LogP contribution in [-0.4, -0.2) is 40.3 Å². The summed E-state index contributed by atoms with van der Waals surface area (Å²) in [6, 6.07) is 0. The van der Waals surface area contributed by atoms with E-state index < -0.39 is 0 Å². The molecule has 0 amide bonds. The summed E-state index contributed by atoms with van der Waals surface area (Å²) >= 11 is 0. The van der Waals surface area contributed by atoms with Crippen molar-refractivity contribution in [3.05, 3.63) is 0 Å². The van der Waals surface area contributed by atoms with Crippen LogP contribution in [0, 0.1) is 0 Å². The lowest BCUT2D eigenvalue weighted by molar-refractivity contribution is 0.277. The van der Waals surface area contributed by atoms with Crippen LogP contribution in [0.2, 0.25) is 0 Å². The minimum Gasteiger partial charge on any atom is -0.388 e. The first-order chi connectivity index (χ1) is 4.56. The van der Waals surface area contributed by atoms with Crippen LogP contribution in [-0.2, 0) is 4.74 Å². The van der Waals surface area contributed by atoms with Gasteiger partial charge in [0.2, 0.25) is 0 Å². The second kappa shape index (κ2) is 44.4. The van der Waals surface area contributed by atoms with Gasteiger partial charge in [0.15, 0.2) is 0 Å². The van der Waals surface area contributed by atoms with Crippen LogP contribution in [0.1, 0.15) is 35.1 Å². The van der Waals surface area contributed by atoms with Crippen LogP contribution in [0.25, 0.3) is 0 Å². The standard InChI is InChI=1S/C3H9N.C3H8.C2H6O.2CH4/c1-4(2)3;2*1-3-2;;/h1-3H3;3H2,1-2H3;1-2H3;2*1H4. The predicted molar refractivity (Wildman–Crippen MR) is 62.0 cm³/mol. The molecule has 0 aromatic carbocycles. The van der Waals surface area contributed by atoms with E-state index in [4.69, 9.17) is 0 Å². The summed E-state index contributed by atoms with van der Waals surface area (Å²) in [7, 11) is 9.25. The van der Waals surface area contributed by atoms with Gasteiger partial charge in [0.1, 0.15) is 0 Å². The van der Waals surface area contributed by atoms with Gasteiger partial charge >= 0.3 is 0 Å². The first-order valence-electron chi connectivity index (χ1n) is 3.57. The lowest BCUT2D eigenvalue weighted by Gasteiger charge is -1.90. The van der Waals surface area contributed by atoms with E-state index in [2.05, 4.69) is 18.6 Å². The number of ether oxygens (including phenoxy) is 1. The van der Waals surface area contributed by atoms with Gasteiger partial charge in [-0.25, -0.2) is 0 Å². The zero-order chi connectivity index (χ0) is 8.99. The van der Waals surface area contributed by atoms with Gasteiger partial charge in [0.25, 0.3) is 0 Å². The Kier molecular flexibility index (Phi) is 110. The Bertz CT molecular complexity index is 26.3. The Morgan fingerprint density at radius 1 is 0.917 bits per heavy atom. The van der Waals surface area contributed by atoms with E-state index in [-0.39, 0.29) is 14.9 Å². The summed E-state index contributed by atoms with van der Waals surface area (Å²) in [5, 5.41) is 0. The molecular formula is C10H31NO. The molecule has 0 aromatic heterocycles. The lowest BCUT2D eigenvalue weighted by atomic mass is 10.6. The molecule has 82 valence electrons. The van der Waals surface area contributed by atoms with Crippen LogP contribution in [0.5, 0.6) is 0 Å². The van der Waals surface area contributed by atoms with Crippen LogP contribution in [0.15, 0.2) is 0 Å². The van der Waals surface area contributed by atoms with Crippen molar-refractivity contribution < 1.29 is 4.74 Å². The molecule has 2 heteroatoms. The van der Waals surface area contributed by atoms with Crippen molar-refractivity contribution in [2.75, 3.05) is 35.4 Å². The monoisotopic (exact) mass is 181 g/mol. The van der Waals surface area contributed by atoms with Gasteiger partial charge in [-0.15, -0.1) is 0 Å². The molecule has 12 heavy (non-hydrogen) atoms. The number of hydrogen-bond acceptors (Lipinski definition) is 2. The van der Waals surface area contributed by atoms with Crippen LogP contribution < -0.4 is 0 Å². The normalized spacial score (nSPS) is 6.00. The van der Waals surface area contributed by atoms with Gasteiger partial charge in [0, 0.05) is 14.2 Å². The molecule has 0 heterocycles. The molecule has 0 spiro atoms. The molecule has 0 fully saturated rings. The molecular weight excluding hydrogens is 150 g/mol. The lowest BCUT2D eigenvalue weighted by Crippen LogP contribution is -1.99. The van der Waals surface area contributed by atoms with Gasteiger partial charge in [-0.05, 0) is 21.1 Å². The Hall–Kier alpha value is -0.0800. The summed E-state index contributed by atoms with van der Waals surface area (Å²) < 4.78 is 4.25. The topological polar surface area (TPSA) is 12.5 Å². The summed E-state index contributed by atoms with van der Waals surface area (Å²) in [6.07, 6.45) is 1.25. The maximum atomic E-state index is 4.25. The number of methoxy groups -OCH3 is 1. The fraction of sp³-hybridized carbons (Fsp3) is 1.00. The molecule has 0 N–H and O–H groups in total. The average molecular weight is 181 g/mol. The quantitative estimate of drug-likeness (QED) is 0.569. The highest BCUT2D eigenvalue weighted by Crippen LogP contribution is 1.56.